The van der Waals surface area contributed by atoms with E-state index >= 15 is 0 Å². The number of urea groups is 9. The third kappa shape index (κ3) is 4.13. The van der Waals surface area contributed by atoms with Crippen molar-refractivity contribution in [2.24, 2.45) is 0 Å². The van der Waals surface area contributed by atoms with Crippen LogP contribution in [0, 0.1) is 14.7 Å². The van der Waals surface area contributed by atoms with Gasteiger partial charge in [0.05, 0.1) is 41.2 Å². The molecule has 15 rings (SSSR count). The second-order valence-electron chi connectivity index (χ2n) is 17.5. The Morgan fingerprint density at radius 3 is 1.48 bits per heavy atom. The van der Waals surface area contributed by atoms with Crippen molar-refractivity contribution < 1.29 is 57.6 Å². The summed E-state index contributed by atoms with van der Waals surface area (Å²) in [7, 11) is 0. The summed E-state index contributed by atoms with van der Waals surface area (Å²) in [5.41, 5.74) is 0. The number of amides is 18. The van der Waals surface area contributed by atoms with Gasteiger partial charge in [-0.3, -0.25) is 64.9 Å². The first-order valence-corrected chi connectivity index (χ1v) is 20.5. The first kappa shape index (κ1) is 36.7. The molecule has 12 atom stereocenters. The van der Waals surface area contributed by atoms with E-state index in [1.165, 1.54) is 29.4 Å². The van der Waals surface area contributed by atoms with Gasteiger partial charge in [0, 0.05) is 4.91 Å². The molecule has 12 unspecified atom stereocenters. The Bertz CT molecular complexity index is 2480. The van der Waals surface area contributed by atoms with E-state index in [2.05, 4.69) is 37.2 Å². The zero-order valence-corrected chi connectivity index (χ0v) is 33.1. The van der Waals surface area contributed by atoms with Crippen LogP contribution in [0.2, 0.25) is 0 Å². The zero-order chi connectivity index (χ0) is 44.5. The SMILES string of the molecule is O=C1N2CNC3NCN4C(=O)N5CN6C(=O)N7C(=O)NC(NCN8C(=O)N(CN1C5C24)C6C87)C1NCN2C(=O)NC4C2N(C(=O)N4CN2C(=O)N4C5C2NC(=O)N5C[N+](=O)C3[N+]4=O)[N+]1=O. The number of carbonyl (C=O) groups is 9. The summed E-state index contributed by atoms with van der Waals surface area (Å²) in [6.45, 7) is -4.09. The van der Waals surface area contributed by atoms with Crippen molar-refractivity contribution in [3.05, 3.63) is 14.7 Å². The molecule has 0 radical (unpaired) electrons. The van der Waals surface area contributed by atoms with E-state index in [1.807, 2.05) is 0 Å². The maximum Gasteiger partial charge on any atom is 0.490 e. The van der Waals surface area contributed by atoms with Crippen molar-refractivity contribution in [2.45, 2.75) is 74.0 Å². The van der Waals surface area contributed by atoms with Gasteiger partial charge in [-0.05, 0) is 10.0 Å². The quantitative estimate of drug-likeness (QED) is 0.111. The summed E-state index contributed by atoms with van der Waals surface area (Å²) < 4.78 is 0.255. The number of nitroso groups, excluding NO2 is 3. The molecule has 16 bridgehead atoms. The average molecular weight is 912 g/mol. The van der Waals surface area contributed by atoms with Crippen LogP contribution in [0.15, 0.2) is 0 Å². The van der Waals surface area contributed by atoms with Crippen molar-refractivity contribution in [3.8, 4) is 0 Å². The Labute approximate surface area is 359 Å². The minimum absolute atomic E-state index is 0.0762. The van der Waals surface area contributed by atoms with Crippen LogP contribution < -0.4 is 37.2 Å². The first-order valence-electron chi connectivity index (χ1n) is 20.5. The molecule has 15 aliphatic heterocycles. The highest BCUT2D eigenvalue weighted by molar-refractivity contribution is 5.99. The van der Waals surface area contributed by atoms with Crippen LogP contribution in [-0.2, 0) is 0 Å². The highest BCUT2D eigenvalue weighted by Crippen LogP contribution is 2.43. The van der Waals surface area contributed by atoms with Gasteiger partial charge < -0.3 is 16.0 Å². The molecule has 0 aromatic carbocycles. The van der Waals surface area contributed by atoms with E-state index in [1.54, 1.807) is 0 Å². The van der Waals surface area contributed by atoms with Crippen molar-refractivity contribution in [1.82, 2.24) is 106 Å². The predicted octanol–water partition coefficient (Wildman–Crippen LogP) is -7.65. The summed E-state index contributed by atoms with van der Waals surface area (Å²) >= 11 is 0. The lowest BCUT2D eigenvalue weighted by Gasteiger charge is -2.41. The zero-order valence-electron chi connectivity index (χ0n) is 33.1. The number of hydrogen-bond acceptors (Lipinski definition) is 16. The van der Waals surface area contributed by atoms with E-state index in [9.17, 15) is 57.9 Å². The Hall–Kier alpha value is -7.73. The van der Waals surface area contributed by atoms with Crippen LogP contribution in [0.3, 0.4) is 0 Å². The molecule has 15 heterocycles. The summed E-state index contributed by atoms with van der Waals surface area (Å²) in [4.78, 5) is 186. The number of imide groups is 1. The molecule has 0 aliphatic carbocycles. The molecule has 15 saturated heterocycles. The lowest BCUT2D eigenvalue weighted by molar-refractivity contribution is -0.855. The van der Waals surface area contributed by atoms with Crippen LogP contribution in [-0.4, -0.2) is 265 Å². The maximum absolute atomic E-state index is 14.7. The standard InChI is InChI=1S/C29H32N24O12/c54-21-35-12-15-37(21)4-33-11-9-30-1-40-20-19-46(26(40)59)6-44-18-17-38(24(44)57)2-31-10(32-3-39(17)25(58)45(18)7-47(19)27(60)49(20)23(56)34-9)14-48(63)8-43-16-13(36-22(43)55)42(29(62)51(16)53(14)65)5-41(12)28(61)50(15)52(11)64/h9-20,30-33H,1-8H2/p+3. The van der Waals surface area contributed by atoms with Gasteiger partial charge in [-0.1, -0.05) is 0 Å². The molecule has 65 heavy (non-hydrogen) atoms. The van der Waals surface area contributed by atoms with E-state index in [4.69, 9.17) is 0 Å². The summed E-state index contributed by atoms with van der Waals surface area (Å²) in [5, 5.41) is 21.0. The fourth-order valence-corrected chi connectivity index (χ4v) is 11.8. The van der Waals surface area contributed by atoms with Crippen molar-refractivity contribution in [3.63, 3.8) is 0 Å². The average Bonchev–Trinajstić information content (AvgIpc) is 4.06. The highest BCUT2D eigenvalue weighted by atomic mass is 16.4. The topological polar surface area (TPSA) is 343 Å². The van der Waals surface area contributed by atoms with Gasteiger partial charge in [-0.2, -0.15) is 0 Å². The Morgan fingerprint density at radius 1 is 0.400 bits per heavy atom. The number of nitrogens with one attached hydrogen (secondary N) is 7. The molecule has 0 aromatic heterocycles. The smallest absolute Gasteiger partial charge is 0.314 e. The van der Waals surface area contributed by atoms with Gasteiger partial charge in [0.25, 0.3) is 6.67 Å². The minimum Gasteiger partial charge on any atom is -0.314 e. The van der Waals surface area contributed by atoms with Gasteiger partial charge in [0.1, 0.15) is 20.0 Å². The molecule has 36 nitrogen and oxygen atoms in total. The number of fused-ring (bicyclic) bond motifs is 4. The molecule has 0 aromatic rings. The van der Waals surface area contributed by atoms with Gasteiger partial charge in [0.2, 0.25) is 23.4 Å². The molecule has 340 valence electrons. The van der Waals surface area contributed by atoms with Crippen molar-refractivity contribution >= 4 is 54.3 Å². The molecular weight excluding hydrogens is 876 g/mol. The minimum atomic E-state index is -1.90. The fraction of sp³-hybridized carbons (Fsp3) is 0.690. The second-order valence-corrected chi connectivity index (χ2v) is 17.5. The van der Waals surface area contributed by atoms with Crippen LogP contribution in [0.5, 0.6) is 0 Å². The van der Waals surface area contributed by atoms with Crippen molar-refractivity contribution in [1.29, 1.82) is 0 Å². The first-order chi connectivity index (χ1) is 31.2. The Balaban J connectivity index is 0.915. The Kier molecular flexibility index (Phi) is 6.60. The summed E-state index contributed by atoms with van der Waals surface area (Å²) in [6, 6.07) is -7.77. The van der Waals surface area contributed by atoms with Crippen molar-refractivity contribution in [2.75, 3.05) is 53.3 Å². The van der Waals surface area contributed by atoms with E-state index in [0.717, 1.165) is 29.4 Å². The number of nitrogens with zero attached hydrogens (tertiary/aromatic N) is 17. The number of hydrogen-bond donors (Lipinski definition) is 7. The highest BCUT2D eigenvalue weighted by Gasteiger charge is 2.74. The lowest BCUT2D eigenvalue weighted by atomic mass is 10.3. The van der Waals surface area contributed by atoms with Gasteiger partial charge in [-0.25, -0.2) is 58.3 Å². The van der Waals surface area contributed by atoms with Gasteiger partial charge in [0.15, 0.2) is 48.0 Å². The second kappa shape index (κ2) is 11.7. The molecule has 7 N–H and O–H groups in total. The van der Waals surface area contributed by atoms with E-state index < -0.39 is 182 Å². The molecule has 0 saturated carbocycles. The van der Waals surface area contributed by atoms with Crippen LogP contribution in [0.1, 0.15) is 0 Å². The molecular formula is C29H35N24O12+3. The van der Waals surface area contributed by atoms with Crippen LogP contribution in [0.25, 0.3) is 0 Å². The molecule has 15 fully saturated rings. The summed E-state index contributed by atoms with van der Waals surface area (Å²) in [6.07, 6.45) is -16.6. The Morgan fingerprint density at radius 2 is 0.862 bits per heavy atom. The number of rotatable bonds is 0. The normalized spacial score (nSPS) is 39.9. The van der Waals surface area contributed by atoms with Crippen LogP contribution >= 0.6 is 0 Å². The van der Waals surface area contributed by atoms with E-state index in [-0.39, 0.29) is 14.5 Å². The number of hydrazine groups is 2. The monoisotopic (exact) mass is 911 g/mol. The lowest BCUT2D eigenvalue weighted by Crippen LogP contribution is -2.69. The van der Waals surface area contributed by atoms with Crippen LogP contribution in [0.4, 0.5) is 43.2 Å². The maximum atomic E-state index is 14.7. The fourth-order valence-electron chi connectivity index (χ4n) is 11.8. The molecule has 36 heteroatoms. The molecule has 0 spiro atoms. The number of carbonyl (C=O) groups excluding carboxylic acids is 9. The third-order valence-corrected chi connectivity index (χ3v) is 14.7. The summed E-state index contributed by atoms with van der Waals surface area (Å²) in [5.74, 6) is 0. The predicted molar refractivity (Wildman–Crippen MR) is 192 cm³/mol. The molecule has 15 aliphatic rings. The third-order valence-electron chi connectivity index (χ3n) is 14.7. The van der Waals surface area contributed by atoms with Gasteiger partial charge >= 0.3 is 66.6 Å². The van der Waals surface area contributed by atoms with Gasteiger partial charge in [-0.15, -0.1) is 0 Å². The van der Waals surface area contributed by atoms with E-state index in [0.29, 0.717) is 10.0 Å². The largest absolute Gasteiger partial charge is 0.490 e. The molecule has 18 amide bonds.